The molecule has 6 rings (SSSR count). The highest BCUT2D eigenvalue weighted by Gasteiger charge is 2.34. The smallest absolute Gasteiger partial charge is 0.265 e. The number of nitrogens with zero attached hydrogens (tertiary/aromatic N) is 2. The molecular formula is C31H25N3O5S2. The zero-order valence-electron chi connectivity index (χ0n) is 22.3. The number of ether oxygens (including phenoxy) is 2. The van der Waals surface area contributed by atoms with Crippen LogP contribution in [0, 0.1) is 0 Å². The largest absolute Gasteiger partial charge is 0.493 e. The van der Waals surface area contributed by atoms with Crippen molar-refractivity contribution in [3.8, 4) is 11.5 Å². The highest BCUT2D eigenvalue weighted by Crippen LogP contribution is 2.36. The normalized spacial score (nSPS) is 12.7. The number of hydrogen-bond acceptors (Lipinski definition) is 8. The van der Waals surface area contributed by atoms with Gasteiger partial charge in [-0.1, -0.05) is 42.1 Å². The summed E-state index contributed by atoms with van der Waals surface area (Å²) in [5, 5.41) is 4.50. The van der Waals surface area contributed by atoms with Gasteiger partial charge in [0.2, 0.25) is 5.91 Å². The predicted octanol–water partition coefficient (Wildman–Crippen LogP) is 5.72. The Kier molecular flexibility index (Phi) is 7.34. The lowest BCUT2D eigenvalue weighted by Crippen LogP contribution is -2.40. The van der Waals surface area contributed by atoms with E-state index in [0.29, 0.717) is 46.7 Å². The van der Waals surface area contributed by atoms with Crippen molar-refractivity contribution in [2.24, 2.45) is 0 Å². The third-order valence-electron chi connectivity index (χ3n) is 6.89. The molecule has 1 aliphatic rings. The number of hydrogen-bond donors (Lipinski definition) is 1. The molecule has 0 saturated heterocycles. The Bertz CT molecular complexity index is 1780. The van der Waals surface area contributed by atoms with Crippen molar-refractivity contribution in [2.75, 3.05) is 31.4 Å². The number of fused-ring (bicyclic) bond motifs is 1. The Morgan fingerprint density at radius 3 is 2.37 bits per heavy atom. The summed E-state index contributed by atoms with van der Waals surface area (Å²) in [5.74, 6) is 0.763. The van der Waals surface area contributed by atoms with Gasteiger partial charge in [0.05, 0.1) is 35.9 Å². The number of amides is 3. The van der Waals surface area contributed by atoms with Gasteiger partial charge >= 0.3 is 0 Å². The first-order valence-electron chi connectivity index (χ1n) is 12.9. The maximum absolute atomic E-state index is 13.4. The molecule has 1 aliphatic heterocycles. The maximum atomic E-state index is 13.4. The number of carbonyl (C=O) groups excluding carboxylic acids is 3. The van der Waals surface area contributed by atoms with Gasteiger partial charge in [-0.15, -0.1) is 11.3 Å². The van der Waals surface area contributed by atoms with E-state index >= 15 is 0 Å². The average Bonchev–Trinajstić information content (AvgIpc) is 3.41. The number of imide groups is 1. The van der Waals surface area contributed by atoms with E-state index in [4.69, 9.17) is 9.47 Å². The van der Waals surface area contributed by atoms with Crippen molar-refractivity contribution < 1.29 is 23.9 Å². The van der Waals surface area contributed by atoms with E-state index in [0.717, 1.165) is 25.5 Å². The molecule has 2 heterocycles. The van der Waals surface area contributed by atoms with Gasteiger partial charge < -0.3 is 14.8 Å². The molecule has 8 nitrogen and oxygen atoms in total. The molecule has 1 aromatic heterocycles. The summed E-state index contributed by atoms with van der Waals surface area (Å²) in [4.78, 5) is 45.1. The van der Waals surface area contributed by atoms with Gasteiger partial charge in [0.25, 0.3) is 11.8 Å². The third-order valence-corrected chi connectivity index (χ3v) is 9.05. The van der Waals surface area contributed by atoms with Crippen LogP contribution in [0.4, 0.5) is 5.69 Å². The van der Waals surface area contributed by atoms with Gasteiger partial charge in [-0.05, 0) is 59.8 Å². The highest BCUT2D eigenvalue weighted by molar-refractivity contribution is 8.01. The van der Waals surface area contributed by atoms with E-state index in [-0.39, 0.29) is 23.5 Å². The second-order valence-corrected chi connectivity index (χ2v) is 11.6. The van der Waals surface area contributed by atoms with Gasteiger partial charge in [-0.3, -0.25) is 14.4 Å². The van der Waals surface area contributed by atoms with Crippen molar-refractivity contribution in [3.63, 3.8) is 0 Å². The van der Waals surface area contributed by atoms with Gasteiger partial charge in [0.15, 0.2) is 15.8 Å². The molecule has 0 radical (unpaired) electrons. The van der Waals surface area contributed by atoms with E-state index < -0.39 is 0 Å². The lowest BCUT2D eigenvalue weighted by atomic mass is 9.94. The fourth-order valence-corrected chi connectivity index (χ4v) is 6.85. The number of anilines is 1. The zero-order valence-corrected chi connectivity index (χ0v) is 23.9. The molecule has 0 bridgehead atoms. The van der Waals surface area contributed by atoms with Crippen LogP contribution in [0.2, 0.25) is 0 Å². The number of thioether (sulfide) groups is 1. The van der Waals surface area contributed by atoms with Crippen LogP contribution < -0.4 is 19.7 Å². The number of methoxy groups -OCH3 is 2. The molecule has 1 N–H and O–H groups in total. The minimum absolute atomic E-state index is 0.0900. The number of thiazole rings is 1. The monoisotopic (exact) mass is 583 g/mol. The van der Waals surface area contributed by atoms with Crippen molar-refractivity contribution in [2.45, 2.75) is 10.8 Å². The quantitative estimate of drug-likeness (QED) is 0.175. The van der Waals surface area contributed by atoms with Gasteiger partial charge in [0.1, 0.15) is 0 Å². The van der Waals surface area contributed by atoms with Gasteiger partial charge in [-0.2, -0.15) is 0 Å². The fourth-order valence-electron chi connectivity index (χ4n) is 4.92. The minimum atomic E-state index is -0.345. The molecule has 3 amide bonds. The molecule has 4 aromatic carbocycles. The summed E-state index contributed by atoms with van der Waals surface area (Å²) in [6, 6.07) is 22.0. The lowest BCUT2D eigenvalue weighted by Gasteiger charge is -2.27. The Morgan fingerprint density at radius 2 is 1.66 bits per heavy atom. The summed E-state index contributed by atoms with van der Waals surface area (Å²) in [5.41, 5.74) is 3.29. The third kappa shape index (κ3) is 5.12. The molecule has 206 valence electrons. The van der Waals surface area contributed by atoms with Crippen LogP contribution in [0.25, 0.3) is 21.0 Å². The van der Waals surface area contributed by atoms with Crippen LogP contribution >= 0.6 is 23.1 Å². The summed E-state index contributed by atoms with van der Waals surface area (Å²) in [6.45, 7) is 0.493. The average molecular weight is 584 g/mol. The van der Waals surface area contributed by atoms with Crippen LogP contribution in [0.1, 0.15) is 26.3 Å². The van der Waals surface area contributed by atoms with Crippen molar-refractivity contribution in [1.82, 2.24) is 10.3 Å². The van der Waals surface area contributed by atoms with Crippen LogP contribution in [-0.4, -0.2) is 49.2 Å². The topological polar surface area (TPSA) is 97.8 Å². The van der Waals surface area contributed by atoms with Crippen molar-refractivity contribution in [1.29, 1.82) is 0 Å². The number of benzene rings is 4. The second kappa shape index (κ2) is 11.2. The molecule has 0 saturated carbocycles. The lowest BCUT2D eigenvalue weighted by molar-refractivity contribution is -0.118. The van der Waals surface area contributed by atoms with Gasteiger partial charge in [-0.25, -0.2) is 9.88 Å². The molecule has 10 heteroatoms. The molecule has 0 aliphatic carbocycles. The fraction of sp³-hybridized carbons (Fsp3) is 0.161. The van der Waals surface area contributed by atoms with Crippen LogP contribution in [0.15, 0.2) is 77.1 Å². The molecule has 0 atom stereocenters. The van der Waals surface area contributed by atoms with E-state index in [1.807, 2.05) is 48.5 Å². The first kappa shape index (κ1) is 26.8. The first-order valence-corrected chi connectivity index (χ1v) is 14.7. The molecule has 0 spiro atoms. The summed E-state index contributed by atoms with van der Waals surface area (Å²) in [6.07, 6.45) is 0.660. The van der Waals surface area contributed by atoms with Gasteiger partial charge in [0, 0.05) is 23.1 Å². The number of aromatic nitrogens is 1. The Balaban J connectivity index is 1.11. The number of carbonyl (C=O) groups is 3. The Morgan fingerprint density at radius 1 is 0.927 bits per heavy atom. The van der Waals surface area contributed by atoms with Crippen LogP contribution in [0.3, 0.4) is 0 Å². The second-order valence-electron chi connectivity index (χ2n) is 9.36. The summed E-state index contributed by atoms with van der Waals surface area (Å²) < 4.78 is 12.2. The predicted molar refractivity (Wildman–Crippen MR) is 162 cm³/mol. The number of rotatable bonds is 9. The van der Waals surface area contributed by atoms with E-state index in [1.165, 1.54) is 28.0 Å². The molecule has 0 fully saturated rings. The summed E-state index contributed by atoms with van der Waals surface area (Å²) >= 11 is 2.78. The van der Waals surface area contributed by atoms with Crippen LogP contribution in [0.5, 0.6) is 11.5 Å². The zero-order chi connectivity index (χ0) is 28.5. The van der Waals surface area contributed by atoms with Crippen molar-refractivity contribution >= 4 is 67.5 Å². The highest BCUT2D eigenvalue weighted by atomic mass is 32.2. The SMILES string of the molecule is COc1ccc(CCNC(=O)CSc2nc3ccc(N4C(=O)c5cccc6cccc(c56)C4=O)cc3s2)cc1OC. The Labute approximate surface area is 244 Å². The number of nitrogens with one attached hydrogen (secondary N) is 1. The molecule has 41 heavy (non-hydrogen) atoms. The molecule has 5 aromatic rings. The summed E-state index contributed by atoms with van der Waals surface area (Å²) in [7, 11) is 3.19. The maximum Gasteiger partial charge on any atom is 0.265 e. The standard InChI is InChI=1S/C31H25N3O5S2/c1-38-24-12-9-18(15-25(24)39-2)13-14-32-27(35)17-40-31-33-23-11-10-20(16-26(23)41-31)34-29(36)21-7-3-5-19-6-4-8-22(28(19)21)30(34)37/h3-12,15-16H,13-14,17H2,1-2H3,(H,32,35). The van der Waals surface area contributed by atoms with E-state index in [2.05, 4.69) is 10.3 Å². The van der Waals surface area contributed by atoms with Crippen molar-refractivity contribution in [3.05, 3.63) is 89.5 Å². The van der Waals surface area contributed by atoms with Crippen LogP contribution in [-0.2, 0) is 11.2 Å². The molecule has 0 unspecified atom stereocenters. The minimum Gasteiger partial charge on any atom is -0.493 e. The van der Waals surface area contributed by atoms with E-state index in [9.17, 15) is 14.4 Å². The molecular weight excluding hydrogens is 558 g/mol. The first-order chi connectivity index (χ1) is 20.0. The Hall–Kier alpha value is -4.41. The van der Waals surface area contributed by atoms with E-state index in [1.54, 1.807) is 38.5 Å².